The molecule has 0 aliphatic carbocycles. The first kappa shape index (κ1) is 8.82. The molecule has 2 heteroatoms. The van der Waals surface area contributed by atoms with Crippen molar-refractivity contribution in [1.82, 2.24) is 5.32 Å². The van der Waals surface area contributed by atoms with Gasteiger partial charge in [0.15, 0.2) is 0 Å². The van der Waals surface area contributed by atoms with Crippen molar-refractivity contribution in [2.45, 2.75) is 32.7 Å². The van der Waals surface area contributed by atoms with Crippen molar-refractivity contribution in [3.8, 4) is 0 Å². The number of rotatable bonds is 2. The Morgan fingerprint density at radius 3 is 3.23 bits per heavy atom. The van der Waals surface area contributed by atoms with E-state index in [1.807, 2.05) is 6.26 Å². The number of fused-ring (bicyclic) bond motifs is 1. The molecule has 0 saturated carbocycles. The van der Waals surface area contributed by atoms with E-state index in [4.69, 9.17) is 4.42 Å². The third-order valence-electron chi connectivity index (χ3n) is 2.61. The summed E-state index contributed by atoms with van der Waals surface area (Å²) in [5.41, 5.74) is 1.37. The van der Waals surface area contributed by atoms with Gasteiger partial charge in [0.1, 0.15) is 5.76 Å². The van der Waals surface area contributed by atoms with Gasteiger partial charge >= 0.3 is 0 Å². The summed E-state index contributed by atoms with van der Waals surface area (Å²) in [6, 6.07) is 2.62. The molecule has 72 valence electrons. The van der Waals surface area contributed by atoms with Gasteiger partial charge in [-0.25, -0.2) is 0 Å². The molecule has 1 aliphatic heterocycles. The highest BCUT2D eigenvalue weighted by atomic mass is 16.3. The minimum Gasteiger partial charge on any atom is -0.469 e. The van der Waals surface area contributed by atoms with E-state index in [1.165, 1.54) is 17.7 Å². The van der Waals surface area contributed by atoms with Gasteiger partial charge in [0.2, 0.25) is 0 Å². The van der Waals surface area contributed by atoms with Crippen LogP contribution in [0.4, 0.5) is 0 Å². The lowest BCUT2D eigenvalue weighted by atomic mass is 9.94. The van der Waals surface area contributed by atoms with Gasteiger partial charge in [0.25, 0.3) is 0 Å². The molecule has 1 aliphatic rings. The molecule has 0 radical (unpaired) electrons. The molecule has 1 N–H and O–H groups in total. The standard InChI is InChI=1S/C11H17NO/c1-8(2)7-10-9-4-6-13-11(9)3-5-12-10/h4,6,8,10,12H,3,5,7H2,1-2H3. The Morgan fingerprint density at radius 2 is 2.46 bits per heavy atom. The first-order valence-corrected chi connectivity index (χ1v) is 5.07. The van der Waals surface area contributed by atoms with Gasteiger partial charge in [-0.1, -0.05) is 13.8 Å². The molecule has 0 spiro atoms. The monoisotopic (exact) mass is 179 g/mol. The summed E-state index contributed by atoms with van der Waals surface area (Å²) in [7, 11) is 0. The van der Waals surface area contributed by atoms with Crippen molar-refractivity contribution in [3.63, 3.8) is 0 Å². The largest absolute Gasteiger partial charge is 0.469 e. The van der Waals surface area contributed by atoms with Crippen LogP contribution in [0.15, 0.2) is 16.7 Å². The molecule has 2 heterocycles. The topological polar surface area (TPSA) is 25.2 Å². The van der Waals surface area contributed by atoms with E-state index in [0.29, 0.717) is 6.04 Å². The fraction of sp³-hybridized carbons (Fsp3) is 0.636. The predicted molar refractivity (Wildman–Crippen MR) is 52.6 cm³/mol. The van der Waals surface area contributed by atoms with Gasteiger partial charge < -0.3 is 9.73 Å². The molecule has 1 aromatic heterocycles. The van der Waals surface area contributed by atoms with Crippen LogP contribution in [0, 0.1) is 5.92 Å². The van der Waals surface area contributed by atoms with E-state index < -0.39 is 0 Å². The van der Waals surface area contributed by atoms with Crippen LogP contribution >= 0.6 is 0 Å². The maximum absolute atomic E-state index is 5.43. The second-order valence-electron chi connectivity index (χ2n) is 4.19. The molecular weight excluding hydrogens is 162 g/mol. The van der Waals surface area contributed by atoms with Gasteiger partial charge in [-0.05, 0) is 18.4 Å². The van der Waals surface area contributed by atoms with Crippen LogP contribution in [0.2, 0.25) is 0 Å². The van der Waals surface area contributed by atoms with Crippen molar-refractivity contribution in [2.24, 2.45) is 5.92 Å². The molecule has 1 aromatic rings. The summed E-state index contributed by atoms with van der Waals surface area (Å²) in [6.07, 6.45) is 4.05. The zero-order valence-corrected chi connectivity index (χ0v) is 8.34. The smallest absolute Gasteiger partial charge is 0.109 e. The van der Waals surface area contributed by atoms with E-state index in [2.05, 4.69) is 25.2 Å². The molecule has 1 atom stereocenters. The van der Waals surface area contributed by atoms with Crippen LogP contribution in [0.1, 0.15) is 37.6 Å². The van der Waals surface area contributed by atoms with Gasteiger partial charge in [-0.15, -0.1) is 0 Å². The van der Waals surface area contributed by atoms with E-state index in [-0.39, 0.29) is 0 Å². The predicted octanol–water partition coefficient (Wildman–Crippen LogP) is 2.51. The van der Waals surface area contributed by atoms with E-state index in [9.17, 15) is 0 Å². The number of hydrogen-bond acceptors (Lipinski definition) is 2. The van der Waals surface area contributed by atoms with E-state index >= 15 is 0 Å². The lowest BCUT2D eigenvalue weighted by Crippen LogP contribution is -2.29. The molecule has 0 aromatic carbocycles. The summed E-state index contributed by atoms with van der Waals surface area (Å²) < 4.78 is 5.43. The zero-order valence-electron chi connectivity index (χ0n) is 8.34. The quantitative estimate of drug-likeness (QED) is 0.754. The normalized spacial score (nSPS) is 21.9. The van der Waals surface area contributed by atoms with Crippen molar-refractivity contribution in [3.05, 3.63) is 23.7 Å². The third kappa shape index (κ3) is 1.78. The number of furan rings is 1. The van der Waals surface area contributed by atoms with E-state index in [0.717, 1.165) is 18.9 Å². The Bertz CT molecular complexity index is 277. The molecule has 0 saturated heterocycles. The van der Waals surface area contributed by atoms with Gasteiger partial charge in [0.05, 0.1) is 6.26 Å². The lowest BCUT2D eigenvalue weighted by Gasteiger charge is -2.24. The van der Waals surface area contributed by atoms with E-state index in [1.54, 1.807) is 0 Å². The average Bonchev–Trinajstić information content (AvgIpc) is 2.51. The number of nitrogens with one attached hydrogen (secondary N) is 1. The fourth-order valence-electron chi connectivity index (χ4n) is 2.02. The maximum Gasteiger partial charge on any atom is 0.109 e. The Balaban J connectivity index is 2.15. The van der Waals surface area contributed by atoms with Gasteiger partial charge in [0, 0.05) is 24.6 Å². The van der Waals surface area contributed by atoms with Crippen LogP contribution in [-0.4, -0.2) is 6.54 Å². The summed E-state index contributed by atoms with van der Waals surface area (Å²) in [5.74, 6) is 1.92. The molecular formula is C11H17NO. The molecule has 0 bridgehead atoms. The Morgan fingerprint density at radius 1 is 1.62 bits per heavy atom. The molecule has 1 unspecified atom stereocenters. The van der Waals surface area contributed by atoms with Gasteiger partial charge in [-0.3, -0.25) is 0 Å². The maximum atomic E-state index is 5.43. The van der Waals surface area contributed by atoms with Gasteiger partial charge in [-0.2, -0.15) is 0 Å². The molecule has 0 amide bonds. The van der Waals surface area contributed by atoms with Crippen LogP contribution in [0.25, 0.3) is 0 Å². The second-order valence-corrected chi connectivity index (χ2v) is 4.19. The van der Waals surface area contributed by atoms with Crippen LogP contribution < -0.4 is 5.32 Å². The van der Waals surface area contributed by atoms with Crippen LogP contribution in [0.3, 0.4) is 0 Å². The Labute approximate surface area is 79.3 Å². The minimum atomic E-state index is 0.516. The second kappa shape index (κ2) is 3.54. The van der Waals surface area contributed by atoms with Crippen LogP contribution in [-0.2, 0) is 6.42 Å². The average molecular weight is 179 g/mol. The molecule has 2 nitrogen and oxygen atoms in total. The minimum absolute atomic E-state index is 0.516. The molecule has 2 rings (SSSR count). The lowest BCUT2D eigenvalue weighted by molar-refractivity contribution is 0.386. The third-order valence-corrected chi connectivity index (χ3v) is 2.61. The fourth-order valence-corrected chi connectivity index (χ4v) is 2.02. The molecule has 13 heavy (non-hydrogen) atoms. The number of hydrogen-bond donors (Lipinski definition) is 1. The summed E-state index contributed by atoms with van der Waals surface area (Å²) in [5, 5.41) is 3.53. The highest BCUT2D eigenvalue weighted by Crippen LogP contribution is 2.28. The van der Waals surface area contributed by atoms with Crippen molar-refractivity contribution < 1.29 is 4.42 Å². The van der Waals surface area contributed by atoms with Crippen molar-refractivity contribution in [2.75, 3.05) is 6.54 Å². The summed E-state index contributed by atoms with van der Waals surface area (Å²) in [4.78, 5) is 0. The summed E-state index contributed by atoms with van der Waals surface area (Å²) >= 11 is 0. The Kier molecular flexibility index (Phi) is 2.40. The Hall–Kier alpha value is -0.760. The van der Waals surface area contributed by atoms with Crippen molar-refractivity contribution >= 4 is 0 Å². The zero-order chi connectivity index (χ0) is 9.26. The first-order valence-electron chi connectivity index (χ1n) is 5.07. The SMILES string of the molecule is CC(C)CC1NCCc2occc21. The first-order chi connectivity index (χ1) is 6.27. The van der Waals surface area contributed by atoms with Crippen molar-refractivity contribution in [1.29, 1.82) is 0 Å². The summed E-state index contributed by atoms with van der Waals surface area (Å²) in [6.45, 7) is 5.57. The van der Waals surface area contributed by atoms with Crippen LogP contribution in [0.5, 0.6) is 0 Å². The molecule has 0 fully saturated rings. The highest BCUT2D eigenvalue weighted by molar-refractivity contribution is 5.24. The highest BCUT2D eigenvalue weighted by Gasteiger charge is 2.22.